The van der Waals surface area contributed by atoms with E-state index in [4.69, 9.17) is 0 Å². The van der Waals surface area contributed by atoms with E-state index in [1.807, 2.05) is 18.6 Å². The molecule has 0 spiro atoms. The van der Waals surface area contributed by atoms with Gasteiger partial charge in [-0.15, -0.1) is 0 Å². The molecule has 3 aromatic heterocycles. The number of fused-ring (bicyclic) bond motifs is 1. The lowest BCUT2D eigenvalue weighted by Crippen LogP contribution is -2.17. The van der Waals surface area contributed by atoms with Crippen LogP contribution in [0, 0.1) is 5.92 Å². The molecule has 1 fully saturated rings. The lowest BCUT2D eigenvalue weighted by atomic mass is 9.96. The summed E-state index contributed by atoms with van der Waals surface area (Å²) in [6.45, 7) is 2.28. The summed E-state index contributed by atoms with van der Waals surface area (Å²) < 4.78 is 2.20. The minimum absolute atomic E-state index is 0.541. The Morgan fingerprint density at radius 2 is 2.18 bits per heavy atom. The molecule has 0 aromatic carbocycles. The summed E-state index contributed by atoms with van der Waals surface area (Å²) in [6.07, 6.45) is 14.6. The van der Waals surface area contributed by atoms with Crippen LogP contribution < -0.4 is 0 Å². The van der Waals surface area contributed by atoms with Gasteiger partial charge >= 0.3 is 0 Å². The maximum Gasteiger partial charge on any atom is 0.137 e. The maximum atomic E-state index is 4.69. The minimum atomic E-state index is 0.541. The van der Waals surface area contributed by atoms with Gasteiger partial charge in [0.15, 0.2) is 0 Å². The first kappa shape index (κ1) is 13.6. The quantitative estimate of drug-likeness (QED) is 0.766. The maximum absolute atomic E-state index is 4.69. The number of pyridine rings is 1. The van der Waals surface area contributed by atoms with E-state index >= 15 is 0 Å². The zero-order chi connectivity index (χ0) is 14.9. The molecule has 0 amide bonds. The minimum Gasteiger partial charge on any atom is -0.346 e. The number of aromatic amines is 1. The second-order valence-electron chi connectivity index (χ2n) is 6.33. The van der Waals surface area contributed by atoms with Gasteiger partial charge in [0.25, 0.3) is 0 Å². The lowest BCUT2D eigenvalue weighted by Gasteiger charge is -2.22. The molecule has 4 nitrogen and oxygen atoms in total. The Labute approximate surface area is 130 Å². The fraction of sp³-hybridized carbons (Fsp3) is 0.444. The summed E-state index contributed by atoms with van der Waals surface area (Å²) in [4.78, 5) is 7.54. The van der Waals surface area contributed by atoms with Crippen molar-refractivity contribution < 1.29 is 0 Å². The molecule has 1 N–H and O–H groups in total. The van der Waals surface area contributed by atoms with Crippen molar-refractivity contribution in [3.8, 4) is 11.1 Å². The molecule has 1 saturated carbocycles. The van der Waals surface area contributed by atoms with Crippen molar-refractivity contribution in [3.63, 3.8) is 0 Å². The van der Waals surface area contributed by atoms with Gasteiger partial charge in [-0.2, -0.15) is 5.10 Å². The van der Waals surface area contributed by atoms with Gasteiger partial charge in [-0.3, -0.25) is 4.68 Å². The number of hydrogen-bond acceptors (Lipinski definition) is 2. The standard InChI is InChI=1S/C18H22N4/c1-2-17(13-5-3-4-6-13)22-12-14(11-21-22)15-7-9-19-18-16(15)8-10-20-18/h7-13,17H,2-6H2,1H3,(H,19,20). The van der Waals surface area contributed by atoms with Crippen molar-refractivity contribution >= 4 is 11.0 Å². The Bertz CT molecular complexity index is 764. The van der Waals surface area contributed by atoms with Crippen molar-refractivity contribution in [2.75, 3.05) is 0 Å². The first-order valence-corrected chi connectivity index (χ1v) is 8.33. The van der Waals surface area contributed by atoms with Gasteiger partial charge in [0, 0.05) is 29.5 Å². The number of nitrogens with one attached hydrogen (secondary N) is 1. The van der Waals surface area contributed by atoms with Crippen molar-refractivity contribution in [2.24, 2.45) is 5.92 Å². The van der Waals surface area contributed by atoms with Crippen molar-refractivity contribution in [1.82, 2.24) is 19.7 Å². The van der Waals surface area contributed by atoms with Crippen LogP contribution in [0.2, 0.25) is 0 Å². The predicted molar refractivity (Wildman–Crippen MR) is 88.6 cm³/mol. The van der Waals surface area contributed by atoms with Crippen LogP contribution in [-0.4, -0.2) is 19.7 Å². The molecule has 1 aliphatic carbocycles. The topological polar surface area (TPSA) is 46.5 Å². The summed E-state index contributed by atoms with van der Waals surface area (Å²) >= 11 is 0. The summed E-state index contributed by atoms with van der Waals surface area (Å²) in [5.74, 6) is 0.794. The smallest absolute Gasteiger partial charge is 0.137 e. The highest BCUT2D eigenvalue weighted by molar-refractivity contribution is 5.92. The van der Waals surface area contributed by atoms with Crippen LogP contribution in [0.3, 0.4) is 0 Å². The van der Waals surface area contributed by atoms with Gasteiger partial charge in [0.05, 0.1) is 12.2 Å². The van der Waals surface area contributed by atoms with Gasteiger partial charge in [-0.1, -0.05) is 19.8 Å². The SMILES string of the molecule is CCC(C1CCCC1)n1cc(-c2ccnc3[nH]ccc23)cn1. The highest BCUT2D eigenvalue weighted by Gasteiger charge is 2.25. The number of nitrogens with zero attached hydrogens (tertiary/aromatic N) is 3. The number of H-pyrrole nitrogens is 1. The average Bonchev–Trinajstić information content (AvgIpc) is 3.29. The van der Waals surface area contributed by atoms with Gasteiger partial charge in [-0.05, 0) is 42.9 Å². The van der Waals surface area contributed by atoms with Gasteiger partial charge in [-0.25, -0.2) is 4.98 Å². The largest absolute Gasteiger partial charge is 0.346 e. The van der Waals surface area contributed by atoms with E-state index in [9.17, 15) is 0 Å². The lowest BCUT2D eigenvalue weighted by molar-refractivity contribution is 0.301. The van der Waals surface area contributed by atoms with Crippen LogP contribution in [0.25, 0.3) is 22.2 Å². The van der Waals surface area contributed by atoms with Crippen LogP contribution in [-0.2, 0) is 0 Å². The van der Waals surface area contributed by atoms with Crippen molar-refractivity contribution in [3.05, 3.63) is 36.9 Å². The monoisotopic (exact) mass is 294 g/mol. The molecule has 0 aliphatic heterocycles. The number of aromatic nitrogens is 4. The van der Waals surface area contributed by atoms with Crippen molar-refractivity contribution in [1.29, 1.82) is 0 Å². The Kier molecular flexibility index (Phi) is 3.45. The Balaban J connectivity index is 1.70. The summed E-state index contributed by atoms with van der Waals surface area (Å²) in [5, 5.41) is 5.85. The Morgan fingerprint density at radius 3 is 3.00 bits per heavy atom. The van der Waals surface area contributed by atoms with E-state index in [0.717, 1.165) is 23.4 Å². The molecule has 1 atom stereocenters. The zero-order valence-corrected chi connectivity index (χ0v) is 13.0. The normalized spacial score (nSPS) is 17.3. The third-order valence-corrected chi connectivity index (χ3v) is 5.07. The van der Waals surface area contributed by atoms with E-state index in [1.165, 1.54) is 36.8 Å². The van der Waals surface area contributed by atoms with Gasteiger partial charge in [0.1, 0.15) is 5.65 Å². The van der Waals surface area contributed by atoms with Gasteiger partial charge in [0.2, 0.25) is 0 Å². The van der Waals surface area contributed by atoms with Crippen LogP contribution >= 0.6 is 0 Å². The molecular weight excluding hydrogens is 272 g/mol. The number of hydrogen-bond donors (Lipinski definition) is 1. The fourth-order valence-electron chi connectivity index (χ4n) is 3.95. The third-order valence-electron chi connectivity index (χ3n) is 5.07. The predicted octanol–water partition coefficient (Wildman–Crippen LogP) is 4.57. The zero-order valence-electron chi connectivity index (χ0n) is 13.0. The molecule has 3 heterocycles. The van der Waals surface area contributed by atoms with Crippen LogP contribution in [0.4, 0.5) is 0 Å². The van der Waals surface area contributed by atoms with E-state index < -0.39 is 0 Å². The second-order valence-corrected chi connectivity index (χ2v) is 6.33. The van der Waals surface area contributed by atoms with E-state index in [1.54, 1.807) is 0 Å². The molecule has 1 aliphatic rings. The average molecular weight is 294 g/mol. The molecule has 22 heavy (non-hydrogen) atoms. The molecule has 1 unspecified atom stereocenters. The van der Waals surface area contributed by atoms with Crippen molar-refractivity contribution in [2.45, 2.75) is 45.1 Å². The van der Waals surface area contributed by atoms with Gasteiger partial charge < -0.3 is 4.98 Å². The number of rotatable bonds is 4. The van der Waals surface area contributed by atoms with Crippen LogP contribution in [0.15, 0.2) is 36.9 Å². The highest BCUT2D eigenvalue weighted by atomic mass is 15.3. The van der Waals surface area contributed by atoms with Crippen LogP contribution in [0.5, 0.6) is 0 Å². The molecule has 0 saturated heterocycles. The molecule has 3 aromatic rings. The summed E-state index contributed by atoms with van der Waals surface area (Å²) in [5.41, 5.74) is 3.33. The fourth-order valence-corrected chi connectivity index (χ4v) is 3.95. The first-order valence-electron chi connectivity index (χ1n) is 8.33. The summed E-state index contributed by atoms with van der Waals surface area (Å²) in [6, 6.07) is 4.71. The Hall–Kier alpha value is -2.10. The molecule has 4 heteroatoms. The first-order chi connectivity index (χ1) is 10.9. The van der Waals surface area contributed by atoms with E-state index in [2.05, 4.69) is 45.0 Å². The molecule has 4 rings (SSSR count). The second kappa shape index (κ2) is 5.59. The Morgan fingerprint density at radius 1 is 1.32 bits per heavy atom. The molecular formula is C18H22N4. The van der Waals surface area contributed by atoms with Crippen LogP contribution in [0.1, 0.15) is 45.1 Å². The molecule has 114 valence electrons. The third kappa shape index (κ3) is 2.23. The summed E-state index contributed by atoms with van der Waals surface area (Å²) in [7, 11) is 0. The molecule has 0 radical (unpaired) electrons. The van der Waals surface area contributed by atoms with E-state index in [0.29, 0.717) is 6.04 Å². The molecule has 0 bridgehead atoms. The van der Waals surface area contributed by atoms with E-state index in [-0.39, 0.29) is 0 Å². The highest BCUT2D eigenvalue weighted by Crippen LogP contribution is 2.36.